The number of hydrogen-bond donors (Lipinski definition) is 3. The van der Waals surface area contributed by atoms with E-state index < -0.39 is 0 Å². The number of hydrogen-bond acceptors (Lipinski definition) is 2. The first-order chi connectivity index (χ1) is 10.0. The second-order valence-corrected chi connectivity index (χ2v) is 5.24. The SMILES string of the molecule is C=c1nc2[nH]c(=O)c(=Cc3[nH]c(C)c(CC)c3C)c-2c[nH]1. The fourth-order valence-electron chi connectivity index (χ4n) is 2.83. The van der Waals surface area contributed by atoms with E-state index in [1.54, 1.807) is 6.20 Å². The molecule has 3 rings (SSSR count). The first-order valence-corrected chi connectivity index (χ1v) is 6.97. The number of aryl methyl sites for hydroxylation is 1. The van der Waals surface area contributed by atoms with Crippen molar-refractivity contribution < 1.29 is 0 Å². The maximum Gasteiger partial charge on any atom is 0.257 e. The van der Waals surface area contributed by atoms with Gasteiger partial charge in [-0.05, 0) is 37.5 Å². The molecule has 0 atom stereocenters. The van der Waals surface area contributed by atoms with E-state index in [2.05, 4.69) is 47.3 Å². The van der Waals surface area contributed by atoms with Gasteiger partial charge in [0.2, 0.25) is 0 Å². The minimum absolute atomic E-state index is 0.138. The Kier molecular flexibility index (Phi) is 3.05. The zero-order valence-corrected chi connectivity index (χ0v) is 12.4. The summed E-state index contributed by atoms with van der Waals surface area (Å²) >= 11 is 0. The topological polar surface area (TPSA) is 77.3 Å². The van der Waals surface area contributed by atoms with Crippen molar-refractivity contribution in [1.29, 1.82) is 0 Å². The molecule has 108 valence electrons. The van der Waals surface area contributed by atoms with Crippen LogP contribution < -0.4 is 16.3 Å². The molecule has 1 aromatic rings. The van der Waals surface area contributed by atoms with Crippen LogP contribution in [-0.2, 0) is 6.42 Å². The van der Waals surface area contributed by atoms with Gasteiger partial charge >= 0.3 is 0 Å². The molecule has 3 heterocycles. The summed E-state index contributed by atoms with van der Waals surface area (Å²) in [6.07, 6.45) is 4.63. The first-order valence-electron chi connectivity index (χ1n) is 6.97. The summed E-state index contributed by atoms with van der Waals surface area (Å²) in [7, 11) is 0. The maximum atomic E-state index is 12.2. The second-order valence-electron chi connectivity index (χ2n) is 5.24. The number of fused-ring (bicyclic) bond motifs is 1. The lowest BCUT2D eigenvalue weighted by molar-refractivity contribution is 1.07. The van der Waals surface area contributed by atoms with Crippen molar-refractivity contribution in [2.24, 2.45) is 0 Å². The average molecular weight is 282 g/mol. The molecule has 0 spiro atoms. The minimum atomic E-state index is -0.138. The number of rotatable bonds is 2. The van der Waals surface area contributed by atoms with E-state index in [1.165, 1.54) is 11.1 Å². The summed E-state index contributed by atoms with van der Waals surface area (Å²) in [6.45, 7) is 9.99. The summed E-state index contributed by atoms with van der Waals surface area (Å²) in [5.41, 5.74) is 5.78. The molecular weight excluding hydrogens is 264 g/mol. The van der Waals surface area contributed by atoms with Crippen LogP contribution in [0.5, 0.6) is 0 Å². The molecule has 0 aliphatic carbocycles. The summed E-state index contributed by atoms with van der Waals surface area (Å²) < 4.78 is 0. The molecule has 0 saturated carbocycles. The number of aromatic nitrogens is 4. The van der Waals surface area contributed by atoms with Crippen LogP contribution in [0.4, 0.5) is 0 Å². The summed E-state index contributed by atoms with van der Waals surface area (Å²) in [4.78, 5) is 25.4. The van der Waals surface area contributed by atoms with Crippen molar-refractivity contribution in [1.82, 2.24) is 19.9 Å². The fourth-order valence-corrected chi connectivity index (χ4v) is 2.83. The zero-order valence-electron chi connectivity index (χ0n) is 12.4. The van der Waals surface area contributed by atoms with E-state index in [-0.39, 0.29) is 5.56 Å². The predicted molar refractivity (Wildman–Crippen MR) is 83.8 cm³/mol. The first kappa shape index (κ1) is 13.4. The van der Waals surface area contributed by atoms with Crippen molar-refractivity contribution in [3.8, 4) is 11.4 Å². The van der Waals surface area contributed by atoms with Crippen molar-refractivity contribution in [3.05, 3.63) is 49.8 Å². The van der Waals surface area contributed by atoms with Gasteiger partial charge in [0.25, 0.3) is 5.56 Å². The number of aromatic amines is 3. The standard InChI is InChI=1S/C16H18N4O/c1-5-11-8(2)14(18-9(11)3)6-12-13-7-17-10(4)19-15(13)20-16(12)21/h6-7,17-18H,4-5H2,1-3H3,(H,19,20,21). The van der Waals surface area contributed by atoms with Gasteiger partial charge in [0.1, 0.15) is 11.3 Å². The lowest BCUT2D eigenvalue weighted by atomic mass is 10.1. The Labute approximate surface area is 121 Å². The number of nitrogens with one attached hydrogen (secondary N) is 3. The molecule has 0 unspecified atom stereocenters. The molecule has 0 fully saturated rings. The van der Waals surface area contributed by atoms with E-state index in [1.807, 2.05) is 6.08 Å². The van der Waals surface area contributed by atoms with Crippen LogP contribution in [0.1, 0.15) is 29.4 Å². The molecule has 3 N–H and O–H groups in total. The minimum Gasteiger partial charge on any atom is -0.359 e. The van der Waals surface area contributed by atoms with Gasteiger partial charge in [-0.3, -0.25) is 4.79 Å². The van der Waals surface area contributed by atoms with Crippen LogP contribution in [-0.4, -0.2) is 19.9 Å². The predicted octanol–water partition coefficient (Wildman–Crippen LogP) is 0.949. The van der Waals surface area contributed by atoms with Crippen LogP contribution in [0.3, 0.4) is 0 Å². The van der Waals surface area contributed by atoms with Crippen LogP contribution in [0.25, 0.3) is 24.0 Å². The molecule has 0 bridgehead atoms. The fraction of sp³-hybridized carbons (Fsp3) is 0.250. The van der Waals surface area contributed by atoms with E-state index >= 15 is 0 Å². The molecule has 21 heavy (non-hydrogen) atoms. The highest BCUT2D eigenvalue weighted by atomic mass is 16.1. The van der Waals surface area contributed by atoms with Gasteiger partial charge in [0.05, 0.1) is 5.22 Å². The monoisotopic (exact) mass is 282 g/mol. The highest BCUT2D eigenvalue weighted by molar-refractivity contribution is 5.63. The van der Waals surface area contributed by atoms with E-state index in [4.69, 9.17) is 0 Å². The quantitative estimate of drug-likeness (QED) is 0.654. The van der Waals surface area contributed by atoms with Gasteiger partial charge in [-0.15, -0.1) is 0 Å². The third-order valence-corrected chi connectivity index (χ3v) is 3.93. The second kappa shape index (κ2) is 4.77. The molecule has 0 amide bonds. The molecule has 2 aliphatic rings. The van der Waals surface area contributed by atoms with E-state index in [9.17, 15) is 4.79 Å². The lowest BCUT2D eigenvalue weighted by Gasteiger charge is -1.97. The van der Waals surface area contributed by atoms with Crippen molar-refractivity contribution in [2.45, 2.75) is 27.2 Å². The van der Waals surface area contributed by atoms with E-state index in [0.717, 1.165) is 23.4 Å². The summed E-state index contributed by atoms with van der Waals surface area (Å²) in [5.74, 6) is 0.562. The molecule has 2 aliphatic heterocycles. The van der Waals surface area contributed by atoms with Gasteiger partial charge in [-0.1, -0.05) is 13.5 Å². The Morgan fingerprint density at radius 2 is 2.10 bits per heavy atom. The molecular formula is C16H18N4O. The molecule has 1 aromatic heterocycles. The average Bonchev–Trinajstić information content (AvgIpc) is 2.87. The third kappa shape index (κ3) is 2.11. The maximum absolute atomic E-state index is 12.2. The van der Waals surface area contributed by atoms with Crippen molar-refractivity contribution >= 4 is 12.7 Å². The molecule has 5 nitrogen and oxygen atoms in total. The third-order valence-electron chi connectivity index (χ3n) is 3.93. The summed E-state index contributed by atoms with van der Waals surface area (Å²) in [5, 5.41) is 0.612. The van der Waals surface area contributed by atoms with Gasteiger partial charge in [-0.2, -0.15) is 0 Å². The van der Waals surface area contributed by atoms with Gasteiger partial charge in [-0.25, -0.2) is 4.98 Å². The highest BCUT2D eigenvalue weighted by Crippen LogP contribution is 2.19. The Morgan fingerprint density at radius 3 is 2.76 bits per heavy atom. The zero-order chi connectivity index (χ0) is 15.1. The Balaban J connectivity index is 2.28. The normalized spacial score (nSPS) is 12.4. The highest BCUT2D eigenvalue weighted by Gasteiger charge is 2.13. The molecule has 5 heteroatoms. The van der Waals surface area contributed by atoms with Crippen LogP contribution >= 0.6 is 0 Å². The van der Waals surface area contributed by atoms with Crippen LogP contribution in [0, 0.1) is 13.8 Å². The molecule has 0 radical (unpaired) electrons. The van der Waals surface area contributed by atoms with Gasteiger partial charge in [0.15, 0.2) is 0 Å². The van der Waals surface area contributed by atoms with Gasteiger partial charge in [0, 0.05) is 23.1 Å². The van der Waals surface area contributed by atoms with Crippen molar-refractivity contribution in [3.63, 3.8) is 0 Å². The lowest BCUT2D eigenvalue weighted by Crippen LogP contribution is -2.21. The van der Waals surface area contributed by atoms with Crippen LogP contribution in [0.15, 0.2) is 11.0 Å². The number of nitrogens with zero attached hydrogens (tertiary/aromatic N) is 1. The Morgan fingerprint density at radius 1 is 1.33 bits per heavy atom. The molecule has 0 aromatic carbocycles. The molecule has 0 saturated heterocycles. The van der Waals surface area contributed by atoms with Crippen LogP contribution in [0.2, 0.25) is 0 Å². The Hall–Kier alpha value is -2.56. The van der Waals surface area contributed by atoms with E-state index in [0.29, 0.717) is 16.5 Å². The van der Waals surface area contributed by atoms with Gasteiger partial charge < -0.3 is 15.0 Å². The van der Waals surface area contributed by atoms with Crippen molar-refractivity contribution in [2.75, 3.05) is 0 Å². The smallest absolute Gasteiger partial charge is 0.257 e. The number of H-pyrrole nitrogens is 3. The Bertz CT molecular complexity index is 942. The summed E-state index contributed by atoms with van der Waals surface area (Å²) in [6, 6.07) is 0. The largest absolute Gasteiger partial charge is 0.359 e.